The molecule has 0 saturated carbocycles. The summed E-state index contributed by atoms with van der Waals surface area (Å²) in [6, 6.07) is 0. The van der Waals surface area contributed by atoms with Crippen LogP contribution in [0.15, 0.2) is 0 Å². The predicted octanol–water partition coefficient (Wildman–Crippen LogP) is 5.28. The number of carbonyl (C=O) groups excluding carboxylic acids is 2. The van der Waals surface area contributed by atoms with Crippen molar-refractivity contribution in [2.24, 2.45) is 39.9 Å². The molecule has 7 atom stereocenters. The van der Waals surface area contributed by atoms with Gasteiger partial charge in [-0.15, -0.1) is 0 Å². The lowest BCUT2D eigenvalue weighted by molar-refractivity contribution is -0.177. The minimum absolute atomic E-state index is 0.0435. The molecular formula is C26H48O5. The van der Waals surface area contributed by atoms with E-state index in [1.807, 2.05) is 34.6 Å². The van der Waals surface area contributed by atoms with Crippen LogP contribution in [0.3, 0.4) is 0 Å². The van der Waals surface area contributed by atoms with Crippen LogP contribution in [0, 0.1) is 39.9 Å². The highest BCUT2D eigenvalue weighted by atomic mass is 16.5. The van der Waals surface area contributed by atoms with Gasteiger partial charge in [0.05, 0.1) is 18.1 Å². The molecule has 5 heteroatoms. The Labute approximate surface area is 190 Å². The van der Waals surface area contributed by atoms with Crippen LogP contribution >= 0.6 is 0 Å². The molecule has 0 aromatic rings. The maximum absolute atomic E-state index is 13.3. The number of hydrogen-bond donors (Lipinski definition) is 1. The van der Waals surface area contributed by atoms with E-state index in [4.69, 9.17) is 9.47 Å². The molecular weight excluding hydrogens is 392 g/mol. The summed E-state index contributed by atoms with van der Waals surface area (Å²) in [5.74, 6) is -1.29. The average Bonchev–Trinajstić information content (AvgIpc) is 2.68. The van der Waals surface area contributed by atoms with Gasteiger partial charge in [-0.25, -0.2) is 0 Å². The zero-order valence-corrected chi connectivity index (χ0v) is 22.0. The number of methoxy groups -OCH3 is 1. The highest BCUT2D eigenvalue weighted by Gasteiger charge is 2.49. The van der Waals surface area contributed by atoms with E-state index < -0.39 is 23.5 Å². The number of carbonyl (C=O) groups is 2. The van der Waals surface area contributed by atoms with Gasteiger partial charge in [0.2, 0.25) is 0 Å². The van der Waals surface area contributed by atoms with Crippen molar-refractivity contribution in [3.63, 3.8) is 0 Å². The zero-order chi connectivity index (χ0) is 24.5. The summed E-state index contributed by atoms with van der Waals surface area (Å²) in [5, 5.41) is 11.2. The van der Waals surface area contributed by atoms with Crippen molar-refractivity contribution in [3.8, 4) is 0 Å². The fourth-order valence-electron chi connectivity index (χ4n) is 5.74. The third kappa shape index (κ3) is 5.52. The minimum atomic E-state index is -0.910. The minimum Gasteiger partial charge on any atom is -0.461 e. The van der Waals surface area contributed by atoms with Gasteiger partial charge in [0.15, 0.2) is 0 Å². The van der Waals surface area contributed by atoms with Crippen LogP contribution in [0.4, 0.5) is 0 Å². The Bertz CT molecular complexity index is 636. The van der Waals surface area contributed by atoms with Crippen molar-refractivity contribution in [1.82, 2.24) is 0 Å². The lowest BCUT2D eigenvalue weighted by atomic mass is 9.62. The summed E-state index contributed by atoms with van der Waals surface area (Å²) in [6.45, 7) is 22.0. The number of esters is 1. The van der Waals surface area contributed by atoms with Gasteiger partial charge in [-0.1, -0.05) is 76.2 Å². The molecule has 5 nitrogen and oxygen atoms in total. The van der Waals surface area contributed by atoms with Crippen LogP contribution in [-0.4, -0.2) is 42.3 Å². The summed E-state index contributed by atoms with van der Waals surface area (Å²) in [7, 11) is 1.71. The fourth-order valence-corrected chi connectivity index (χ4v) is 5.74. The van der Waals surface area contributed by atoms with E-state index in [0.29, 0.717) is 12.8 Å². The second kappa shape index (κ2) is 9.91. The zero-order valence-electron chi connectivity index (χ0n) is 22.0. The monoisotopic (exact) mass is 440 g/mol. The Balaban J connectivity index is 3.57. The number of ether oxygens (including phenoxy) is 2. The predicted molar refractivity (Wildman–Crippen MR) is 125 cm³/mol. The van der Waals surface area contributed by atoms with Crippen LogP contribution in [0.2, 0.25) is 0 Å². The first-order chi connectivity index (χ1) is 14.0. The molecule has 0 aromatic carbocycles. The van der Waals surface area contributed by atoms with Gasteiger partial charge in [-0.3, -0.25) is 9.59 Å². The largest absolute Gasteiger partial charge is 0.461 e. The van der Waals surface area contributed by atoms with Crippen molar-refractivity contribution in [2.45, 2.75) is 107 Å². The van der Waals surface area contributed by atoms with E-state index in [0.717, 1.165) is 0 Å². The van der Waals surface area contributed by atoms with Crippen molar-refractivity contribution in [3.05, 3.63) is 0 Å². The molecule has 0 aliphatic carbocycles. The van der Waals surface area contributed by atoms with Gasteiger partial charge >= 0.3 is 5.97 Å². The standard InChI is InChI=1S/C26H48O5/c1-13-19-26(10,11)21(28)16(3)20(27)15(2)14-24(6,7)22(30-12)17(4)25(8,9)18(5)23(29)31-19/h15-19,21-22,28H,13-14H2,1-12H3. The number of ketones is 1. The topological polar surface area (TPSA) is 72.8 Å². The Hall–Kier alpha value is -0.940. The summed E-state index contributed by atoms with van der Waals surface area (Å²) in [4.78, 5) is 26.6. The number of rotatable bonds is 2. The van der Waals surface area contributed by atoms with Crippen LogP contribution in [-0.2, 0) is 19.1 Å². The third-order valence-corrected chi connectivity index (χ3v) is 8.58. The second-order valence-electron chi connectivity index (χ2n) is 11.9. The van der Waals surface area contributed by atoms with E-state index in [1.54, 1.807) is 14.0 Å². The van der Waals surface area contributed by atoms with Gasteiger partial charge < -0.3 is 14.6 Å². The molecule has 0 aromatic heterocycles. The molecule has 182 valence electrons. The lowest BCUT2D eigenvalue weighted by Crippen LogP contribution is -2.52. The molecule has 0 amide bonds. The number of Topliss-reactive ketones (excluding diaryl/α,β-unsaturated/α-hetero) is 1. The number of aliphatic hydroxyl groups excluding tert-OH is 1. The van der Waals surface area contributed by atoms with E-state index in [1.165, 1.54) is 0 Å². The van der Waals surface area contributed by atoms with Gasteiger partial charge in [-0.2, -0.15) is 0 Å². The normalized spacial score (nSPS) is 39.5. The highest BCUT2D eigenvalue weighted by Crippen LogP contribution is 2.47. The van der Waals surface area contributed by atoms with E-state index in [-0.39, 0.29) is 46.4 Å². The summed E-state index contributed by atoms with van der Waals surface area (Å²) >= 11 is 0. The second-order valence-corrected chi connectivity index (χ2v) is 11.9. The quantitative estimate of drug-likeness (QED) is 0.591. The molecule has 1 aliphatic heterocycles. The summed E-state index contributed by atoms with van der Waals surface area (Å²) in [6.07, 6.45) is -0.311. The fraction of sp³-hybridized carbons (Fsp3) is 0.923. The van der Waals surface area contributed by atoms with Gasteiger partial charge in [0, 0.05) is 24.4 Å². The molecule has 0 spiro atoms. The Kier molecular flexibility index (Phi) is 8.98. The number of hydrogen-bond acceptors (Lipinski definition) is 5. The van der Waals surface area contributed by atoms with Crippen LogP contribution in [0.1, 0.15) is 89.0 Å². The molecule has 0 bridgehead atoms. The first kappa shape index (κ1) is 28.1. The molecule has 1 fully saturated rings. The molecule has 1 saturated heterocycles. The molecule has 1 N–H and O–H groups in total. The van der Waals surface area contributed by atoms with Crippen molar-refractivity contribution in [1.29, 1.82) is 0 Å². The summed E-state index contributed by atoms with van der Waals surface area (Å²) < 4.78 is 12.0. The highest BCUT2D eigenvalue weighted by molar-refractivity contribution is 5.83. The maximum Gasteiger partial charge on any atom is 0.309 e. The van der Waals surface area contributed by atoms with E-state index >= 15 is 0 Å². The Morgan fingerprint density at radius 2 is 1.52 bits per heavy atom. The van der Waals surface area contributed by atoms with Crippen LogP contribution in [0.5, 0.6) is 0 Å². The van der Waals surface area contributed by atoms with Gasteiger partial charge in [-0.05, 0) is 29.6 Å². The van der Waals surface area contributed by atoms with E-state index in [2.05, 4.69) is 34.6 Å². The first-order valence-corrected chi connectivity index (χ1v) is 11.9. The van der Waals surface area contributed by atoms with Gasteiger partial charge in [0.1, 0.15) is 11.9 Å². The van der Waals surface area contributed by atoms with E-state index in [9.17, 15) is 14.7 Å². The Morgan fingerprint density at radius 3 is 1.97 bits per heavy atom. The van der Waals surface area contributed by atoms with Crippen molar-refractivity contribution in [2.75, 3.05) is 7.11 Å². The molecule has 31 heavy (non-hydrogen) atoms. The van der Waals surface area contributed by atoms with Crippen molar-refractivity contribution < 1.29 is 24.2 Å². The molecule has 1 aliphatic rings. The molecule has 0 radical (unpaired) electrons. The lowest BCUT2D eigenvalue weighted by Gasteiger charge is -2.48. The maximum atomic E-state index is 13.3. The van der Waals surface area contributed by atoms with Crippen LogP contribution < -0.4 is 0 Å². The Morgan fingerprint density at radius 1 is 1.00 bits per heavy atom. The van der Waals surface area contributed by atoms with Gasteiger partial charge in [0.25, 0.3) is 0 Å². The SMILES string of the molecule is CCC1OC(=O)C(C)C(C)(C)C(C)C(OC)C(C)(C)CC(C)C(=O)C(C)C(O)C1(C)C. The van der Waals surface area contributed by atoms with Crippen LogP contribution in [0.25, 0.3) is 0 Å². The number of cyclic esters (lactones) is 1. The number of aliphatic hydroxyl groups is 1. The third-order valence-electron chi connectivity index (χ3n) is 8.58. The molecule has 1 rings (SSSR count). The summed E-state index contributed by atoms with van der Waals surface area (Å²) in [5.41, 5.74) is -1.43. The molecule has 1 heterocycles. The molecule has 7 unspecified atom stereocenters. The smallest absolute Gasteiger partial charge is 0.309 e. The first-order valence-electron chi connectivity index (χ1n) is 11.9. The average molecular weight is 441 g/mol. The van der Waals surface area contributed by atoms with Crippen molar-refractivity contribution >= 4 is 11.8 Å².